The Morgan fingerprint density at radius 1 is 1.00 bits per heavy atom. The SMILES string of the molecule is COc1cc(OC)c(-c2cc3c(n2C)CCC=C3)cc1/C=C/C(=O)c1ccc(C(=O)O)cc1. The third kappa shape index (κ3) is 4.32. The molecule has 0 fully saturated rings. The lowest BCUT2D eigenvalue weighted by Gasteiger charge is -2.15. The van der Waals surface area contributed by atoms with Gasteiger partial charge in [0.2, 0.25) is 0 Å². The minimum absolute atomic E-state index is 0.136. The predicted molar refractivity (Wildman–Crippen MR) is 128 cm³/mol. The van der Waals surface area contributed by atoms with Crippen LogP contribution in [-0.4, -0.2) is 35.6 Å². The van der Waals surface area contributed by atoms with E-state index >= 15 is 0 Å². The van der Waals surface area contributed by atoms with Crippen molar-refractivity contribution in [1.29, 1.82) is 0 Å². The zero-order valence-corrected chi connectivity index (χ0v) is 18.8. The molecular formula is C27H25NO5. The molecule has 1 heterocycles. The molecular weight excluding hydrogens is 418 g/mol. The van der Waals surface area contributed by atoms with Crippen LogP contribution >= 0.6 is 0 Å². The maximum absolute atomic E-state index is 12.7. The van der Waals surface area contributed by atoms with Crippen LogP contribution in [0.5, 0.6) is 11.5 Å². The third-order valence-electron chi connectivity index (χ3n) is 5.90. The molecule has 1 aliphatic carbocycles. The van der Waals surface area contributed by atoms with Gasteiger partial charge in [0.05, 0.1) is 25.5 Å². The number of rotatable bonds is 7. The summed E-state index contributed by atoms with van der Waals surface area (Å²) in [6, 6.07) is 11.8. The first-order valence-electron chi connectivity index (χ1n) is 10.6. The quantitative estimate of drug-likeness (QED) is 0.398. The Hall–Kier alpha value is -4.06. The molecule has 0 atom stereocenters. The Bertz CT molecular complexity index is 1280. The number of hydrogen-bond acceptors (Lipinski definition) is 4. The first kappa shape index (κ1) is 22.1. The third-order valence-corrected chi connectivity index (χ3v) is 5.90. The summed E-state index contributed by atoms with van der Waals surface area (Å²) in [5.41, 5.74) is 5.69. The first-order chi connectivity index (χ1) is 15.9. The Morgan fingerprint density at radius 2 is 1.70 bits per heavy atom. The van der Waals surface area contributed by atoms with E-state index in [0.717, 1.165) is 29.7 Å². The largest absolute Gasteiger partial charge is 0.496 e. The lowest BCUT2D eigenvalue weighted by molar-refractivity contribution is 0.0696. The van der Waals surface area contributed by atoms with E-state index in [-0.39, 0.29) is 11.3 Å². The number of carbonyl (C=O) groups excluding carboxylic acids is 1. The van der Waals surface area contributed by atoms with Gasteiger partial charge in [0, 0.05) is 35.5 Å². The van der Waals surface area contributed by atoms with Crippen LogP contribution in [0.2, 0.25) is 0 Å². The van der Waals surface area contributed by atoms with Crippen LogP contribution in [0.4, 0.5) is 0 Å². The molecule has 0 saturated carbocycles. The van der Waals surface area contributed by atoms with Crippen LogP contribution in [0.1, 0.15) is 44.0 Å². The van der Waals surface area contributed by atoms with Gasteiger partial charge < -0.3 is 19.1 Å². The average molecular weight is 443 g/mol. The second-order valence-electron chi connectivity index (χ2n) is 7.81. The Morgan fingerprint density at radius 3 is 2.33 bits per heavy atom. The van der Waals surface area contributed by atoms with Crippen molar-refractivity contribution in [3.8, 4) is 22.8 Å². The van der Waals surface area contributed by atoms with Gasteiger partial charge in [-0.05, 0) is 54.8 Å². The number of benzene rings is 2. The number of ether oxygens (including phenoxy) is 2. The van der Waals surface area contributed by atoms with Gasteiger partial charge in [-0.15, -0.1) is 0 Å². The van der Waals surface area contributed by atoms with Crippen LogP contribution in [-0.2, 0) is 13.5 Å². The topological polar surface area (TPSA) is 77.8 Å². The molecule has 1 aliphatic rings. The summed E-state index contributed by atoms with van der Waals surface area (Å²) in [6.45, 7) is 0. The van der Waals surface area contributed by atoms with Crippen molar-refractivity contribution < 1.29 is 24.2 Å². The van der Waals surface area contributed by atoms with Crippen LogP contribution in [0, 0.1) is 0 Å². The molecule has 0 unspecified atom stereocenters. The molecule has 0 spiro atoms. The van der Waals surface area contributed by atoms with E-state index in [4.69, 9.17) is 14.6 Å². The Balaban J connectivity index is 1.71. The van der Waals surface area contributed by atoms with Gasteiger partial charge in [0.15, 0.2) is 5.78 Å². The molecule has 4 rings (SSSR count). The van der Waals surface area contributed by atoms with E-state index in [1.807, 2.05) is 12.1 Å². The van der Waals surface area contributed by atoms with E-state index in [2.05, 4.69) is 29.8 Å². The molecule has 168 valence electrons. The van der Waals surface area contributed by atoms with Gasteiger partial charge >= 0.3 is 5.97 Å². The summed E-state index contributed by atoms with van der Waals surface area (Å²) < 4.78 is 13.4. The maximum atomic E-state index is 12.7. The van der Waals surface area contributed by atoms with E-state index in [0.29, 0.717) is 17.1 Å². The first-order valence-corrected chi connectivity index (χ1v) is 10.6. The number of fused-ring (bicyclic) bond motifs is 1. The molecule has 33 heavy (non-hydrogen) atoms. The highest BCUT2D eigenvalue weighted by Gasteiger charge is 2.19. The number of carbonyl (C=O) groups is 2. The van der Waals surface area contributed by atoms with Gasteiger partial charge in [0.25, 0.3) is 0 Å². The summed E-state index contributed by atoms with van der Waals surface area (Å²) in [5, 5.41) is 9.03. The number of hydrogen-bond donors (Lipinski definition) is 1. The number of nitrogens with zero attached hydrogens (tertiary/aromatic N) is 1. The van der Waals surface area contributed by atoms with E-state index in [9.17, 15) is 9.59 Å². The minimum Gasteiger partial charge on any atom is -0.496 e. The summed E-state index contributed by atoms with van der Waals surface area (Å²) in [5.74, 6) is 0.00460. The van der Waals surface area contributed by atoms with Crippen molar-refractivity contribution in [2.45, 2.75) is 12.8 Å². The molecule has 6 nitrogen and oxygen atoms in total. The molecule has 0 saturated heterocycles. The fraction of sp³-hybridized carbons (Fsp3) is 0.185. The number of aromatic nitrogens is 1. The van der Waals surface area contributed by atoms with Gasteiger partial charge in [-0.3, -0.25) is 4.79 Å². The number of aromatic carboxylic acids is 1. The number of ketones is 1. The van der Waals surface area contributed by atoms with Crippen LogP contribution < -0.4 is 9.47 Å². The zero-order valence-electron chi connectivity index (χ0n) is 18.8. The molecule has 6 heteroatoms. The van der Waals surface area contributed by atoms with Crippen LogP contribution in [0.15, 0.2) is 54.6 Å². The second kappa shape index (κ2) is 9.20. The van der Waals surface area contributed by atoms with Crippen molar-refractivity contribution in [3.63, 3.8) is 0 Å². The smallest absolute Gasteiger partial charge is 0.335 e. The molecule has 0 radical (unpaired) electrons. The zero-order chi connectivity index (χ0) is 23.5. The van der Waals surface area contributed by atoms with Crippen molar-refractivity contribution in [3.05, 3.63) is 82.6 Å². The normalized spacial score (nSPS) is 12.6. The molecule has 0 bridgehead atoms. The molecule has 2 aromatic carbocycles. The summed E-state index contributed by atoms with van der Waals surface area (Å²) in [6.07, 6.45) is 9.50. The van der Waals surface area contributed by atoms with Crippen LogP contribution in [0.25, 0.3) is 23.4 Å². The fourth-order valence-electron chi connectivity index (χ4n) is 4.10. The van der Waals surface area contributed by atoms with Crippen molar-refractivity contribution in [2.24, 2.45) is 7.05 Å². The number of allylic oxidation sites excluding steroid dienone is 2. The maximum Gasteiger partial charge on any atom is 0.335 e. The van der Waals surface area contributed by atoms with E-state index in [1.54, 1.807) is 20.3 Å². The fourth-order valence-corrected chi connectivity index (χ4v) is 4.10. The summed E-state index contributed by atoms with van der Waals surface area (Å²) in [7, 11) is 5.25. The second-order valence-corrected chi connectivity index (χ2v) is 7.81. The van der Waals surface area contributed by atoms with Gasteiger partial charge in [-0.2, -0.15) is 0 Å². The molecule has 0 amide bonds. The average Bonchev–Trinajstić information content (AvgIpc) is 3.18. The summed E-state index contributed by atoms with van der Waals surface area (Å²) >= 11 is 0. The van der Waals surface area contributed by atoms with E-state index in [1.165, 1.54) is 41.6 Å². The monoisotopic (exact) mass is 443 g/mol. The van der Waals surface area contributed by atoms with E-state index < -0.39 is 5.97 Å². The number of carboxylic acids is 1. The highest BCUT2D eigenvalue weighted by Crippen LogP contribution is 2.39. The van der Waals surface area contributed by atoms with Crippen molar-refractivity contribution in [2.75, 3.05) is 14.2 Å². The van der Waals surface area contributed by atoms with Crippen LogP contribution in [0.3, 0.4) is 0 Å². The lowest BCUT2D eigenvalue weighted by Crippen LogP contribution is -2.02. The lowest BCUT2D eigenvalue weighted by atomic mass is 10.0. The highest BCUT2D eigenvalue weighted by molar-refractivity contribution is 6.07. The Kier molecular flexibility index (Phi) is 6.18. The van der Waals surface area contributed by atoms with Gasteiger partial charge in [0.1, 0.15) is 11.5 Å². The highest BCUT2D eigenvalue weighted by atomic mass is 16.5. The van der Waals surface area contributed by atoms with Crippen molar-refractivity contribution in [1.82, 2.24) is 4.57 Å². The van der Waals surface area contributed by atoms with Gasteiger partial charge in [-0.1, -0.05) is 24.3 Å². The number of methoxy groups -OCH3 is 2. The predicted octanol–water partition coefficient (Wildman–Crippen LogP) is 5.26. The van der Waals surface area contributed by atoms with Gasteiger partial charge in [-0.25, -0.2) is 4.79 Å². The molecule has 0 aliphatic heterocycles. The standard InChI is InChI=1S/C27H25NO5/c1-28-22-7-5-4-6-19(22)15-23(28)21-14-20(25(32-2)16-26(21)33-3)12-13-24(29)17-8-10-18(11-9-17)27(30)31/h4,6,8-16H,5,7H2,1-3H3,(H,30,31)/b13-12+. The Labute approximate surface area is 192 Å². The minimum atomic E-state index is -1.03. The van der Waals surface area contributed by atoms with Crippen molar-refractivity contribution >= 4 is 23.9 Å². The molecule has 1 N–H and O–H groups in total. The molecule has 3 aromatic rings. The molecule has 1 aromatic heterocycles. The summed E-state index contributed by atoms with van der Waals surface area (Å²) in [4.78, 5) is 23.7. The number of carboxylic acid groups (broad SMARTS) is 1.